The Labute approximate surface area is 115 Å². The molecule has 0 saturated heterocycles. The summed E-state index contributed by atoms with van der Waals surface area (Å²) < 4.78 is 0.725. The molecular formula is C13H18BrNO3. The number of halogens is 1. The van der Waals surface area contributed by atoms with Gasteiger partial charge in [-0.2, -0.15) is 0 Å². The number of rotatable bonds is 5. The van der Waals surface area contributed by atoms with Gasteiger partial charge < -0.3 is 5.11 Å². The summed E-state index contributed by atoms with van der Waals surface area (Å²) in [6.07, 6.45) is 0.306. The Kier molecular flexibility index (Phi) is 5.28. The van der Waals surface area contributed by atoms with Crippen LogP contribution in [-0.2, 0) is 6.42 Å². The van der Waals surface area contributed by atoms with Crippen molar-refractivity contribution < 1.29 is 10.0 Å². The third-order valence-corrected chi connectivity index (χ3v) is 3.92. The zero-order valence-corrected chi connectivity index (χ0v) is 12.3. The number of aliphatic hydroxyl groups is 1. The van der Waals surface area contributed by atoms with Crippen LogP contribution >= 0.6 is 15.9 Å². The lowest BCUT2D eigenvalue weighted by molar-refractivity contribution is -0.384. The molecule has 0 radical (unpaired) electrons. The molecule has 0 spiro atoms. The maximum absolute atomic E-state index is 10.6. The average molecular weight is 316 g/mol. The van der Waals surface area contributed by atoms with E-state index >= 15 is 0 Å². The first-order valence-corrected chi connectivity index (χ1v) is 6.73. The minimum atomic E-state index is -0.414. The van der Waals surface area contributed by atoms with E-state index in [0.29, 0.717) is 12.3 Å². The van der Waals surface area contributed by atoms with Gasteiger partial charge in [0.05, 0.1) is 11.0 Å². The highest BCUT2D eigenvalue weighted by Gasteiger charge is 2.21. The lowest BCUT2D eigenvalue weighted by Crippen LogP contribution is -2.24. The molecule has 0 aliphatic rings. The number of benzene rings is 1. The Bertz CT molecular complexity index is 424. The molecule has 1 N–H and O–H groups in total. The van der Waals surface area contributed by atoms with E-state index in [9.17, 15) is 15.2 Å². The maximum atomic E-state index is 10.6. The fraction of sp³-hybridized carbons (Fsp3) is 0.538. The van der Waals surface area contributed by atoms with Crippen LogP contribution < -0.4 is 0 Å². The molecule has 2 atom stereocenters. The molecule has 0 heterocycles. The van der Waals surface area contributed by atoms with Gasteiger partial charge in [0.25, 0.3) is 5.69 Å². The van der Waals surface area contributed by atoms with Crippen LogP contribution in [-0.4, -0.2) is 16.1 Å². The summed E-state index contributed by atoms with van der Waals surface area (Å²) >= 11 is 3.36. The lowest BCUT2D eigenvalue weighted by Gasteiger charge is -2.24. The van der Waals surface area contributed by atoms with Crippen LogP contribution in [0.4, 0.5) is 5.69 Å². The molecule has 0 bridgehead atoms. The standard InChI is InChI=1S/C13H18BrNO3/c1-8(2)12(9(3)16)6-10-4-5-11(15(17)18)7-13(10)14/h4-5,7-9,12,16H,6H2,1-3H3. The van der Waals surface area contributed by atoms with Crippen LogP contribution in [0, 0.1) is 22.0 Å². The highest BCUT2D eigenvalue weighted by molar-refractivity contribution is 9.10. The third kappa shape index (κ3) is 3.78. The molecule has 0 saturated carbocycles. The Morgan fingerprint density at radius 2 is 2.00 bits per heavy atom. The van der Waals surface area contributed by atoms with Crippen LogP contribution in [0.15, 0.2) is 22.7 Å². The number of hydrogen-bond donors (Lipinski definition) is 1. The molecule has 4 nitrogen and oxygen atoms in total. The molecule has 0 aliphatic carbocycles. The van der Waals surface area contributed by atoms with Gasteiger partial charge in [-0.1, -0.05) is 35.8 Å². The molecule has 0 fully saturated rings. The number of non-ortho nitro benzene ring substituents is 1. The van der Waals surface area contributed by atoms with Crippen molar-refractivity contribution in [2.24, 2.45) is 11.8 Å². The van der Waals surface area contributed by atoms with Gasteiger partial charge in [-0.05, 0) is 30.7 Å². The minimum absolute atomic E-state index is 0.0729. The molecule has 1 rings (SSSR count). The molecule has 0 aromatic heterocycles. The van der Waals surface area contributed by atoms with E-state index in [4.69, 9.17) is 0 Å². The average Bonchev–Trinajstić information content (AvgIpc) is 2.25. The fourth-order valence-corrected chi connectivity index (χ4v) is 2.56. The number of nitro groups is 1. The van der Waals surface area contributed by atoms with Crippen molar-refractivity contribution in [3.8, 4) is 0 Å². The summed E-state index contributed by atoms with van der Waals surface area (Å²) in [4.78, 5) is 10.2. The Morgan fingerprint density at radius 1 is 1.39 bits per heavy atom. The van der Waals surface area contributed by atoms with Gasteiger partial charge >= 0.3 is 0 Å². The molecule has 100 valence electrons. The molecule has 0 amide bonds. The summed E-state index contributed by atoms with van der Waals surface area (Å²) in [5, 5.41) is 20.4. The monoisotopic (exact) mass is 315 g/mol. The zero-order chi connectivity index (χ0) is 13.9. The normalized spacial score (nSPS) is 14.6. The van der Waals surface area contributed by atoms with Crippen LogP contribution in [0.3, 0.4) is 0 Å². The molecule has 0 aliphatic heterocycles. The highest BCUT2D eigenvalue weighted by Crippen LogP contribution is 2.28. The summed E-state index contributed by atoms with van der Waals surface area (Å²) in [7, 11) is 0. The summed E-state index contributed by atoms with van der Waals surface area (Å²) in [6, 6.07) is 4.76. The summed E-state index contributed by atoms with van der Waals surface area (Å²) in [5.41, 5.74) is 1.06. The maximum Gasteiger partial charge on any atom is 0.270 e. The Hall–Kier alpha value is -0.940. The Morgan fingerprint density at radius 3 is 2.39 bits per heavy atom. The van der Waals surface area contributed by atoms with Crippen molar-refractivity contribution in [1.29, 1.82) is 0 Å². The minimum Gasteiger partial charge on any atom is -0.393 e. The second-order valence-electron chi connectivity index (χ2n) is 4.89. The number of nitro benzene ring substituents is 1. The number of hydrogen-bond acceptors (Lipinski definition) is 3. The van der Waals surface area contributed by atoms with Crippen molar-refractivity contribution in [2.75, 3.05) is 0 Å². The van der Waals surface area contributed by atoms with Crippen molar-refractivity contribution in [3.63, 3.8) is 0 Å². The summed E-state index contributed by atoms with van der Waals surface area (Å²) in [5.74, 6) is 0.495. The van der Waals surface area contributed by atoms with Crippen molar-refractivity contribution in [3.05, 3.63) is 38.3 Å². The van der Waals surface area contributed by atoms with E-state index in [2.05, 4.69) is 29.8 Å². The van der Waals surface area contributed by atoms with Crippen molar-refractivity contribution >= 4 is 21.6 Å². The van der Waals surface area contributed by atoms with Gasteiger partial charge in [-0.25, -0.2) is 0 Å². The van der Waals surface area contributed by atoms with E-state index in [1.165, 1.54) is 12.1 Å². The lowest BCUT2D eigenvalue weighted by atomic mass is 9.85. The first kappa shape index (κ1) is 15.1. The van der Waals surface area contributed by atoms with Gasteiger partial charge in [-0.3, -0.25) is 10.1 Å². The summed E-state index contributed by atoms with van der Waals surface area (Å²) in [6.45, 7) is 5.91. The van der Waals surface area contributed by atoms with E-state index in [-0.39, 0.29) is 11.6 Å². The van der Waals surface area contributed by atoms with Gasteiger partial charge in [0.2, 0.25) is 0 Å². The topological polar surface area (TPSA) is 63.4 Å². The highest BCUT2D eigenvalue weighted by atomic mass is 79.9. The fourth-order valence-electron chi connectivity index (χ4n) is 2.03. The van der Waals surface area contributed by atoms with Crippen LogP contribution in [0.5, 0.6) is 0 Å². The Balaban J connectivity index is 2.94. The van der Waals surface area contributed by atoms with Crippen LogP contribution in [0.2, 0.25) is 0 Å². The van der Waals surface area contributed by atoms with E-state index in [1.54, 1.807) is 13.0 Å². The largest absolute Gasteiger partial charge is 0.393 e. The van der Waals surface area contributed by atoms with Gasteiger partial charge in [0.1, 0.15) is 0 Å². The van der Waals surface area contributed by atoms with Gasteiger partial charge in [-0.15, -0.1) is 0 Å². The molecule has 1 aromatic carbocycles. The number of aliphatic hydroxyl groups excluding tert-OH is 1. The van der Waals surface area contributed by atoms with E-state index in [0.717, 1.165) is 10.0 Å². The molecule has 5 heteroatoms. The second kappa shape index (κ2) is 6.29. The predicted octanol–water partition coefficient (Wildman–Crippen LogP) is 3.55. The first-order chi connectivity index (χ1) is 8.32. The zero-order valence-electron chi connectivity index (χ0n) is 10.8. The molecule has 2 unspecified atom stereocenters. The smallest absolute Gasteiger partial charge is 0.270 e. The number of nitrogens with zero attached hydrogens (tertiary/aromatic N) is 1. The molecule has 1 aromatic rings. The van der Waals surface area contributed by atoms with E-state index in [1.807, 2.05) is 0 Å². The first-order valence-electron chi connectivity index (χ1n) is 5.93. The van der Waals surface area contributed by atoms with Crippen LogP contribution in [0.1, 0.15) is 26.3 Å². The third-order valence-electron chi connectivity index (χ3n) is 3.18. The van der Waals surface area contributed by atoms with Crippen LogP contribution in [0.25, 0.3) is 0 Å². The molecule has 18 heavy (non-hydrogen) atoms. The van der Waals surface area contributed by atoms with Crippen molar-refractivity contribution in [2.45, 2.75) is 33.3 Å². The molecular weight excluding hydrogens is 298 g/mol. The van der Waals surface area contributed by atoms with Gasteiger partial charge in [0, 0.05) is 16.6 Å². The quantitative estimate of drug-likeness (QED) is 0.667. The predicted molar refractivity (Wildman–Crippen MR) is 74.5 cm³/mol. The second-order valence-corrected chi connectivity index (χ2v) is 5.74. The van der Waals surface area contributed by atoms with Gasteiger partial charge in [0.15, 0.2) is 0 Å². The van der Waals surface area contributed by atoms with Crippen molar-refractivity contribution in [1.82, 2.24) is 0 Å². The van der Waals surface area contributed by atoms with E-state index < -0.39 is 11.0 Å². The SMILES string of the molecule is CC(C)C(Cc1ccc([N+](=O)[O-])cc1Br)C(C)O.